The molecule has 0 fully saturated rings. The van der Waals surface area contributed by atoms with Gasteiger partial charge in [0.05, 0.1) is 22.6 Å². The standard InChI is InChI=1S/C25H21FN6OS/c1-15-10-24(34-32-15)31-21-13-22(20(26)12-19(21)14-27)30-23(25(28)33)11-16-2-4-17(5-3-16)18-6-8-29-9-7-18/h2-10,12-13,23,30-31H,11H2,1H3,(H2,28,33). The Kier molecular flexibility index (Phi) is 6.80. The molecule has 0 spiro atoms. The van der Waals surface area contributed by atoms with Crippen molar-refractivity contribution >= 4 is 33.8 Å². The van der Waals surface area contributed by atoms with Crippen molar-refractivity contribution in [2.75, 3.05) is 10.6 Å². The number of halogens is 1. The number of pyridine rings is 1. The number of anilines is 3. The fraction of sp³-hybridized carbons (Fsp3) is 0.120. The van der Waals surface area contributed by atoms with Crippen LogP contribution >= 0.6 is 11.5 Å². The van der Waals surface area contributed by atoms with Gasteiger partial charge >= 0.3 is 0 Å². The normalized spacial score (nSPS) is 11.4. The lowest BCUT2D eigenvalue weighted by Crippen LogP contribution is -2.37. The molecule has 4 rings (SSSR count). The Hall–Kier alpha value is -4.29. The second kappa shape index (κ2) is 10.1. The smallest absolute Gasteiger partial charge is 0.240 e. The molecule has 4 aromatic rings. The highest BCUT2D eigenvalue weighted by molar-refractivity contribution is 7.10. The largest absolute Gasteiger partial charge is 0.371 e. The van der Waals surface area contributed by atoms with Crippen LogP contribution in [-0.4, -0.2) is 21.3 Å². The number of hydrogen-bond acceptors (Lipinski definition) is 7. The van der Waals surface area contributed by atoms with Crippen molar-refractivity contribution in [3.05, 3.63) is 89.6 Å². The van der Waals surface area contributed by atoms with E-state index in [2.05, 4.69) is 20.0 Å². The van der Waals surface area contributed by atoms with Crippen molar-refractivity contribution < 1.29 is 9.18 Å². The number of nitrogens with zero attached hydrogens (tertiary/aromatic N) is 3. The average molecular weight is 473 g/mol. The number of nitriles is 1. The number of carbonyl (C=O) groups is 1. The number of primary amides is 1. The van der Waals surface area contributed by atoms with Gasteiger partial charge in [0.1, 0.15) is 22.9 Å². The third-order valence-corrected chi connectivity index (χ3v) is 5.99. The summed E-state index contributed by atoms with van der Waals surface area (Å²) in [6, 6.07) is 17.1. The Balaban J connectivity index is 1.55. The van der Waals surface area contributed by atoms with E-state index in [-0.39, 0.29) is 17.7 Å². The lowest BCUT2D eigenvalue weighted by Gasteiger charge is -2.19. The molecule has 2 heterocycles. The molecule has 0 saturated carbocycles. The molecule has 2 aromatic carbocycles. The van der Waals surface area contributed by atoms with Crippen LogP contribution in [0.2, 0.25) is 0 Å². The number of aromatic nitrogens is 2. The molecular weight excluding hydrogens is 451 g/mol. The summed E-state index contributed by atoms with van der Waals surface area (Å²) in [5, 5.41) is 16.1. The van der Waals surface area contributed by atoms with Crippen LogP contribution in [0.1, 0.15) is 16.8 Å². The molecule has 7 nitrogen and oxygen atoms in total. The van der Waals surface area contributed by atoms with Gasteiger partial charge in [0.25, 0.3) is 0 Å². The zero-order valence-corrected chi connectivity index (χ0v) is 19.1. The molecule has 0 radical (unpaired) electrons. The van der Waals surface area contributed by atoms with Crippen molar-refractivity contribution in [3.63, 3.8) is 0 Å². The predicted octanol–water partition coefficient (Wildman–Crippen LogP) is 4.78. The van der Waals surface area contributed by atoms with E-state index in [9.17, 15) is 14.4 Å². The first-order chi connectivity index (χ1) is 16.4. The number of aryl methyl sites for hydroxylation is 1. The van der Waals surface area contributed by atoms with Crippen molar-refractivity contribution in [1.82, 2.24) is 9.36 Å². The van der Waals surface area contributed by atoms with Crippen molar-refractivity contribution in [2.24, 2.45) is 5.73 Å². The first kappa shape index (κ1) is 22.9. The maximum absolute atomic E-state index is 14.8. The number of hydrogen-bond donors (Lipinski definition) is 3. The van der Waals surface area contributed by atoms with E-state index in [1.807, 2.05) is 55.5 Å². The van der Waals surface area contributed by atoms with Crippen molar-refractivity contribution in [3.8, 4) is 17.2 Å². The molecule has 2 aromatic heterocycles. The van der Waals surface area contributed by atoms with Gasteiger partial charge in [-0.2, -0.15) is 9.64 Å². The maximum Gasteiger partial charge on any atom is 0.240 e. The highest BCUT2D eigenvalue weighted by atomic mass is 32.1. The summed E-state index contributed by atoms with van der Waals surface area (Å²) in [5.41, 5.74) is 9.96. The van der Waals surface area contributed by atoms with Gasteiger partial charge in [-0.25, -0.2) is 4.39 Å². The molecule has 9 heteroatoms. The predicted molar refractivity (Wildman–Crippen MR) is 131 cm³/mol. The molecule has 34 heavy (non-hydrogen) atoms. The molecule has 1 amide bonds. The SMILES string of the molecule is Cc1cc(Nc2cc(NC(Cc3ccc(-c4ccncc4)cc3)C(N)=O)c(F)cc2C#N)sn1. The van der Waals surface area contributed by atoms with Crippen LogP contribution in [0.25, 0.3) is 11.1 Å². The molecule has 0 aliphatic carbocycles. The van der Waals surface area contributed by atoms with Gasteiger partial charge in [-0.05, 0) is 65.5 Å². The maximum atomic E-state index is 14.8. The Morgan fingerprint density at radius 3 is 2.44 bits per heavy atom. The highest BCUT2D eigenvalue weighted by Crippen LogP contribution is 2.29. The number of nitrogens with two attached hydrogens (primary N) is 1. The minimum Gasteiger partial charge on any atom is -0.371 e. The lowest BCUT2D eigenvalue weighted by molar-refractivity contribution is -0.118. The number of rotatable bonds is 8. The highest BCUT2D eigenvalue weighted by Gasteiger charge is 2.19. The van der Waals surface area contributed by atoms with Crippen molar-refractivity contribution in [1.29, 1.82) is 5.26 Å². The number of benzene rings is 2. The summed E-state index contributed by atoms with van der Waals surface area (Å²) in [4.78, 5) is 16.2. The minimum atomic E-state index is -0.854. The molecule has 170 valence electrons. The molecule has 0 aliphatic rings. The second-order valence-corrected chi connectivity index (χ2v) is 8.49. The van der Waals surface area contributed by atoms with Crippen molar-refractivity contribution in [2.45, 2.75) is 19.4 Å². The van der Waals surface area contributed by atoms with Gasteiger partial charge in [-0.3, -0.25) is 9.78 Å². The van der Waals surface area contributed by atoms with Gasteiger partial charge < -0.3 is 16.4 Å². The second-order valence-electron chi connectivity index (χ2n) is 7.68. The molecule has 0 aliphatic heterocycles. The van der Waals surface area contributed by atoms with Gasteiger partial charge in [0.2, 0.25) is 5.91 Å². The molecule has 0 saturated heterocycles. The summed E-state index contributed by atoms with van der Waals surface area (Å²) in [5.74, 6) is -1.27. The molecule has 4 N–H and O–H groups in total. The van der Waals surface area contributed by atoms with E-state index in [4.69, 9.17) is 5.73 Å². The Labute approximate surface area is 200 Å². The van der Waals surface area contributed by atoms with Gasteiger partial charge in [-0.1, -0.05) is 24.3 Å². The van der Waals surface area contributed by atoms with Gasteiger partial charge in [0.15, 0.2) is 0 Å². The lowest BCUT2D eigenvalue weighted by atomic mass is 10.0. The summed E-state index contributed by atoms with van der Waals surface area (Å²) >= 11 is 1.23. The number of carbonyl (C=O) groups excluding carboxylic acids is 1. The summed E-state index contributed by atoms with van der Waals surface area (Å²) < 4.78 is 18.9. The summed E-state index contributed by atoms with van der Waals surface area (Å²) in [7, 11) is 0. The molecule has 1 unspecified atom stereocenters. The van der Waals surface area contributed by atoms with E-state index in [1.165, 1.54) is 17.6 Å². The van der Waals surface area contributed by atoms with Crippen LogP contribution in [-0.2, 0) is 11.2 Å². The Bertz CT molecular complexity index is 1350. The van der Waals surface area contributed by atoms with Crippen LogP contribution in [0.4, 0.5) is 20.8 Å². The van der Waals surface area contributed by atoms with E-state index in [0.29, 0.717) is 10.7 Å². The van der Waals surface area contributed by atoms with E-state index < -0.39 is 17.8 Å². The first-order valence-electron chi connectivity index (χ1n) is 10.4. The zero-order valence-electron chi connectivity index (χ0n) is 18.2. The van der Waals surface area contributed by atoms with Crippen LogP contribution < -0.4 is 16.4 Å². The number of nitrogens with one attached hydrogen (secondary N) is 2. The minimum absolute atomic E-state index is 0.0694. The zero-order chi connectivity index (χ0) is 24.1. The third-order valence-electron chi connectivity index (χ3n) is 5.19. The quantitative estimate of drug-likeness (QED) is 0.340. The Morgan fingerprint density at radius 1 is 1.12 bits per heavy atom. The van der Waals surface area contributed by atoms with Crippen LogP contribution in [0.5, 0.6) is 0 Å². The fourth-order valence-corrected chi connectivity index (χ4v) is 4.13. The van der Waals surface area contributed by atoms with Crippen LogP contribution in [0, 0.1) is 24.1 Å². The summed E-state index contributed by atoms with van der Waals surface area (Å²) in [6.45, 7) is 1.85. The summed E-state index contributed by atoms with van der Waals surface area (Å²) in [6.07, 6.45) is 3.71. The molecule has 1 atom stereocenters. The number of amides is 1. The topological polar surface area (TPSA) is 117 Å². The van der Waals surface area contributed by atoms with Crippen LogP contribution in [0.15, 0.2) is 67.0 Å². The average Bonchev–Trinajstić information content (AvgIpc) is 3.25. The monoisotopic (exact) mass is 472 g/mol. The Morgan fingerprint density at radius 2 is 1.82 bits per heavy atom. The fourth-order valence-electron chi connectivity index (χ4n) is 3.46. The first-order valence-corrected chi connectivity index (χ1v) is 11.2. The van der Waals surface area contributed by atoms with Crippen LogP contribution in [0.3, 0.4) is 0 Å². The van der Waals surface area contributed by atoms with E-state index >= 15 is 0 Å². The van der Waals surface area contributed by atoms with Gasteiger partial charge in [0, 0.05) is 18.8 Å². The van der Waals surface area contributed by atoms with Gasteiger partial charge in [-0.15, -0.1) is 0 Å². The molecule has 0 bridgehead atoms. The van der Waals surface area contributed by atoms with E-state index in [1.54, 1.807) is 12.4 Å². The van der Waals surface area contributed by atoms with E-state index in [0.717, 1.165) is 28.5 Å². The third kappa shape index (κ3) is 5.36. The molecular formula is C25H21FN6OS.